The summed E-state index contributed by atoms with van der Waals surface area (Å²) in [6.07, 6.45) is 1.86. The van der Waals surface area contributed by atoms with Crippen LogP contribution in [0.15, 0.2) is 24.4 Å². The summed E-state index contributed by atoms with van der Waals surface area (Å²) in [6, 6.07) is 5.81. The Kier molecular flexibility index (Phi) is 3.07. The molecule has 0 spiro atoms. The van der Waals surface area contributed by atoms with Gasteiger partial charge in [0.2, 0.25) is 0 Å². The maximum atomic E-state index is 6.08. The highest BCUT2D eigenvalue weighted by Crippen LogP contribution is 2.21. The van der Waals surface area contributed by atoms with Gasteiger partial charge in [-0.25, -0.2) is 4.68 Å². The van der Waals surface area contributed by atoms with Crippen molar-refractivity contribution < 1.29 is 0 Å². The summed E-state index contributed by atoms with van der Waals surface area (Å²) >= 11 is 9.41. The van der Waals surface area contributed by atoms with Crippen LogP contribution in [-0.2, 0) is 5.33 Å². The summed E-state index contributed by atoms with van der Waals surface area (Å²) < 4.78 is 1.69. The lowest BCUT2D eigenvalue weighted by Gasteiger charge is -2.03. The summed E-state index contributed by atoms with van der Waals surface area (Å²) in [5, 5.41) is 9.36. The molecule has 0 aliphatic carbocycles. The van der Waals surface area contributed by atoms with Crippen LogP contribution in [0.5, 0.6) is 0 Å². The maximum Gasteiger partial charge on any atom is 0.0937 e. The van der Waals surface area contributed by atoms with E-state index in [1.807, 2.05) is 31.3 Å². The number of nitrogens with zero attached hydrogens (tertiary/aromatic N) is 3. The number of hydrogen-bond acceptors (Lipinski definition) is 2. The van der Waals surface area contributed by atoms with Crippen LogP contribution >= 0.6 is 27.5 Å². The van der Waals surface area contributed by atoms with Crippen LogP contribution in [0.25, 0.3) is 5.69 Å². The molecule has 3 nitrogen and oxygen atoms in total. The van der Waals surface area contributed by atoms with Crippen LogP contribution in [0.2, 0.25) is 5.02 Å². The molecule has 2 aromatic rings. The fourth-order valence-corrected chi connectivity index (χ4v) is 1.74. The highest BCUT2D eigenvalue weighted by Gasteiger charge is 2.05. The molecular weight excluding hydrogens is 277 g/mol. The van der Waals surface area contributed by atoms with Gasteiger partial charge in [-0.05, 0) is 24.6 Å². The van der Waals surface area contributed by atoms with Crippen LogP contribution in [0.1, 0.15) is 11.3 Å². The van der Waals surface area contributed by atoms with Gasteiger partial charge in [-0.15, -0.1) is 5.10 Å². The Bertz CT molecular complexity index is 481. The van der Waals surface area contributed by atoms with Crippen LogP contribution in [0.4, 0.5) is 0 Å². The molecule has 0 fully saturated rings. The van der Waals surface area contributed by atoms with Crippen LogP contribution in [0.3, 0.4) is 0 Å². The second-order valence-electron chi connectivity index (χ2n) is 3.24. The quantitative estimate of drug-likeness (QED) is 0.794. The first-order valence-corrected chi connectivity index (χ1v) is 5.94. The summed E-state index contributed by atoms with van der Waals surface area (Å²) in [5.74, 6) is 0. The third-order valence-electron chi connectivity index (χ3n) is 2.03. The van der Waals surface area contributed by atoms with Crippen molar-refractivity contribution in [1.29, 1.82) is 0 Å². The highest BCUT2D eigenvalue weighted by atomic mass is 79.9. The average molecular weight is 287 g/mol. The van der Waals surface area contributed by atoms with E-state index in [9.17, 15) is 0 Å². The Hall–Kier alpha value is -0.870. The Morgan fingerprint density at radius 1 is 1.47 bits per heavy atom. The van der Waals surface area contributed by atoms with E-state index in [1.54, 1.807) is 4.68 Å². The molecule has 78 valence electrons. The van der Waals surface area contributed by atoms with Crippen molar-refractivity contribution in [1.82, 2.24) is 15.0 Å². The first-order valence-electron chi connectivity index (χ1n) is 4.44. The predicted octanol–water partition coefficient (Wildman–Crippen LogP) is 3.12. The summed E-state index contributed by atoms with van der Waals surface area (Å²) in [6.45, 7) is 2.02. The van der Waals surface area contributed by atoms with Gasteiger partial charge >= 0.3 is 0 Å². The largest absolute Gasteiger partial charge is 0.219 e. The molecule has 0 amide bonds. The van der Waals surface area contributed by atoms with E-state index >= 15 is 0 Å². The minimum Gasteiger partial charge on any atom is -0.219 e. The molecule has 0 N–H and O–H groups in total. The number of aromatic nitrogens is 3. The van der Waals surface area contributed by atoms with Crippen LogP contribution < -0.4 is 0 Å². The van der Waals surface area contributed by atoms with E-state index in [4.69, 9.17) is 11.6 Å². The summed E-state index contributed by atoms with van der Waals surface area (Å²) in [7, 11) is 0. The van der Waals surface area contributed by atoms with Crippen molar-refractivity contribution in [3.63, 3.8) is 0 Å². The molecule has 15 heavy (non-hydrogen) atoms. The van der Waals surface area contributed by atoms with Gasteiger partial charge < -0.3 is 0 Å². The standard InChI is InChI=1S/C10H9BrClN3/c1-7-2-3-9(12)10(4-7)15-6-8(5-11)13-14-15/h2-4,6H,5H2,1H3. The number of rotatable bonds is 2. The molecule has 0 aliphatic rings. The van der Waals surface area contributed by atoms with Crippen molar-refractivity contribution in [2.75, 3.05) is 0 Å². The zero-order valence-corrected chi connectivity index (χ0v) is 10.5. The van der Waals surface area contributed by atoms with Gasteiger partial charge in [0.05, 0.1) is 22.6 Å². The van der Waals surface area contributed by atoms with Crippen LogP contribution in [-0.4, -0.2) is 15.0 Å². The molecule has 0 radical (unpaired) electrons. The van der Waals surface area contributed by atoms with Gasteiger partial charge in [-0.1, -0.05) is 38.8 Å². The lowest BCUT2D eigenvalue weighted by atomic mass is 10.2. The van der Waals surface area contributed by atoms with Crippen molar-refractivity contribution in [2.45, 2.75) is 12.3 Å². The first kappa shape index (κ1) is 10.6. The third kappa shape index (κ3) is 2.21. The zero-order valence-electron chi connectivity index (χ0n) is 8.11. The Morgan fingerprint density at radius 3 is 2.93 bits per heavy atom. The first-order chi connectivity index (χ1) is 7.20. The Balaban J connectivity index is 2.48. The SMILES string of the molecule is Cc1ccc(Cl)c(-n2cc(CBr)nn2)c1. The number of benzene rings is 1. The fraction of sp³-hybridized carbons (Fsp3) is 0.200. The number of hydrogen-bond donors (Lipinski definition) is 0. The van der Waals surface area contributed by atoms with Gasteiger partial charge in [-0.3, -0.25) is 0 Å². The van der Waals surface area contributed by atoms with Gasteiger partial charge in [0.1, 0.15) is 0 Å². The van der Waals surface area contributed by atoms with Crippen LogP contribution in [0, 0.1) is 6.92 Å². The predicted molar refractivity (Wildman–Crippen MR) is 63.7 cm³/mol. The van der Waals surface area contributed by atoms with Gasteiger partial charge in [-0.2, -0.15) is 0 Å². The topological polar surface area (TPSA) is 30.7 Å². The van der Waals surface area contributed by atoms with E-state index in [1.165, 1.54) is 0 Å². The number of aryl methyl sites for hydroxylation is 1. The minimum absolute atomic E-state index is 0.673. The normalized spacial score (nSPS) is 10.6. The second kappa shape index (κ2) is 4.33. The van der Waals surface area contributed by atoms with Gasteiger partial charge in [0.15, 0.2) is 0 Å². The number of alkyl halides is 1. The van der Waals surface area contributed by atoms with Crippen molar-refractivity contribution >= 4 is 27.5 Å². The third-order valence-corrected chi connectivity index (χ3v) is 2.92. The Labute approximate surface area is 101 Å². The molecule has 0 bridgehead atoms. The lowest BCUT2D eigenvalue weighted by molar-refractivity contribution is 0.800. The molecular formula is C10H9BrClN3. The highest BCUT2D eigenvalue weighted by molar-refractivity contribution is 9.08. The fourth-order valence-electron chi connectivity index (χ4n) is 1.28. The Morgan fingerprint density at radius 2 is 2.27 bits per heavy atom. The maximum absolute atomic E-state index is 6.08. The van der Waals surface area contributed by atoms with Gasteiger partial charge in [0.25, 0.3) is 0 Å². The lowest BCUT2D eigenvalue weighted by Crippen LogP contribution is -1.96. The molecule has 0 aliphatic heterocycles. The molecule has 1 aromatic heterocycles. The molecule has 1 aromatic carbocycles. The molecule has 0 atom stereocenters. The molecule has 0 saturated heterocycles. The van der Waals surface area contributed by atoms with E-state index in [-0.39, 0.29) is 0 Å². The van der Waals surface area contributed by atoms with Crippen molar-refractivity contribution in [3.05, 3.63) is 40.7 Å². The average Bonchev–Trinajstić information content (AvgIpc) is 2.70. The molecule has 0 saturated carbocycles. The van der Waals surface area contributed by atoms with E-state index in [0.29, 0.717) is 10.4 Å². The summed E-state index contributed by atoms with van der Waals surface area (Å²) in [4.78, 5) is 0. The minimum atomic E-state index is 0.673. The number of halogens is 2. The van der Waals surface area contributed by atoms with E-state index in [2.05, 4.69) is 26.2 Å². The second-order valence-corrected chi connectivity index (χ2v) is 4.21. The van der Waals surface area contributed by atoms with Crippen molar-refractivity contribution in [3.8, 4) is 5.69 Å². The van der Waals surface area contributed by atoms with E-state index in [0.717, 1.165) is 16.9 Å². The van der Waals surface area contributed by atoms with E-state index < -0.39 is 0 Å². The zero-order chi connectivity index (χ0) is 10.8. The molecule has 5 heteroatoms. The summed E-state index contributed by atoms with van der Waals surface area (Å²) in [5.41, 5.74) is 2.88. The smallest absolute Gasteiger partial charge is 0.0937 e. The van der Waals surface area contributed by atoms with Crippen molar-refractivity contribution in [2.24, 2.45) is 0 Å². The van der Waals surface area contributed by atoms with Gasteiger partial charge in [0, 0.05) is 5.33 Å². The molecule has 1 heterocycles. The molecule has 0 unspecified atom stereocenters. The molecule has 2 rings (SSSR count). The monoisotopic (exact) mass is 285 g/mol.